The predicted octanol–water partition coefficient (Wildman–Crippen LogP) is 3.17. The second-order valence-corrected chi connectivity index (χ2v) is 10.0. The summed E-state index contributed by atoms with van der Waals surface area (Å²) >= 11 is 1.14. The summed E-state index contributed by atoms with van der Waals surface area (Å²) in [5, 5.41) is 0.302. The van der Waals surface area contributed by atoms with Crippen molar-refractivity contribution in [2.45, 2.75) is 21.9 Å². The summed E-state index contributed by atoms with van der Waals surface area (Å²) in [6.07, 6.45) is 0. The Hall–Kier alpha value is -2.62. The number of benzene rings is 2. The average Bonchev–Trinajstić information content (AvgIpc) is 3.24. The third kappa shape index (κ3) is 4.84. The molecule has 0 atom stereocenters. The number of hydrogen-bond donors (Lipinski definition) is 1. The van der Waals surface area contributed by atoms with Crippen LogP contribution in [0.3, 0.4) is 0 Å². The van der Waals surface area contributed by atoms with Gasteiger partial charge in [-0.3, -0.25) is 4.79 Å². The van der Waals surface area contributed by atoms with Crippen LogP contribution in [0.4, 0.5) is 0 Å². The van der Waals surface area contributed by atoms with Gasteiger partial charge in [-0.25, -0.2) is 13.4 Å². The Morgan fingerprint density at radius 1 is 1.10 bits per heavy atom. The van der Waals surface area contributed by atoms with E-state index in [1.54, 1.807) is 29.2 Å². The van der Waals surface area contributed by atoms with E-state index in [0.29, 0.717) is 37.2 Å². The Morgan fingerprint density at radius 2 is 1.77 bits per heavy atom. The largest absolute Gasteiger partial charge is 0.378 e. The number of morpholine rings is 1. The lowest BCUT2D eigenvalue weighted by atomic mass is 10.2. The van der Waals surface area contributed by atoms with E-state index in [2.05, 4.69) is 9.97 Å². The second kappa shape index (κ2) is 9.25. The number of nitrogens with zero attached hydrogens (tertiary/aromatic N) is 2. The highest BCUT2D eigenvalue weighted by Gasteiger charge is 2.27. The van der Waals surface area contributed by atoms with Crippen LogP contribution in [-0.2, 0) is 19.4 Å². The minimum Gasteiger partial charge on any atom is -0.378 e. The standard InChI is InChI=1S/C22H23N3O4S2/c1-16-7-9-18(10-8-16)31(27,28)22-21(23-20(24-22)17-5-3-2-4-6-17)30-15-19(26)25-11-13-29-14-12-25/h2-10H,11-15H2,1H3,(H,23,24). The molecule has 0 aliphatic carbocycles. The number of ether oxygens (including phenoxy) is 1. The first-order valence-electron chi connectivity index (χ1n) is 9.90. The monoisotopic (exact) mass is 457 g/mol. The van der Waals surface area contributed by atoms with Gasteiger partial charge in [0.2, 0.25) is 15.7 Å². The van der Waals surface area contributed by atoms with Gasteiger partial charge in [0.05, 0.1) is 23.9 Å². The number of thioether (sulfide) groups is 1. The maximum atomic E-state index is 13.4. The number of carbonyl (C=O) groups excluding carboxylic acids is 1. The summed E-state index contributed by atoms with van der Waals surface area (Å²) in [7, 11) is -3.83. The number of aryl methyl sites for hydroxylation is 1. The van der Waals surface area contributed by atoms with Crippen molar-refractivity contribution in [3.63, 3.8) is 0 Å². The Balaban J connectivity index is 1.66. The van der Waals surface area contributed by atoms with Crippen LogP contribution in [0.1, 0.15) is 5.56 Å². The number of nitrogens with one attached hydrogen (secondary N) is 1. The number of carbonyl (C=O) groups is 1. The minimum absolute atomic E-state index is 0.00924. The van der Waals surface area contributed by atoms with Crippen LogP contribution in [0.25, 0.3) is 11.4 Å². The molecule has 162 valence electrons. The van der Waals surface area contributed by atoms with Gasteiger partial charge >= 0.3 is 0 Å². The average molecular weight is 458 g/mol. The van der Waals surface area contributed by atoms with Crippen LogP contribution >= 0.6 is 11.8 Å². The molecule has 9 heteroatoms. The van der Waals surface area contributed by atoms with Gasteiger partial charge in [0, 0.05) is 18.7 Å². The first kappa shape index (κ1) is 21.6. The van der Waals surface area contributed by atoms with E-state index < -0.39 is 9.84 Å². The number of H-pyrrole nitrogens is 1. The van der Waals surface area contributed by atoms with Crippen LogP contribution in [0.2, 0.25) is 0 Å². The molecular weight excluding hydrogens is 434 g/mol. The quantitative estimate of drug-likeness (QED) is 0.572. The minimum atomic E-state index is -3.83. The molecule has 3 aromatic rings. The fourth-order valence-corrected chi connectivity index (χ4v) is 5.75. The molecule has 2 heterocycles. The highest BCUT2D eigenvalue weighted by atomic mass is 32.2. The molecular formula is C22H23N3O4S2. The van der Waals surface area contributed by atoms with Crippen molar-refractivity contribution >= 4 is 27.5 Å². The number of imidazole rings is 1. The lowest BCUT2D eigenvalue weighted by Crippen LogP contribution is -2.41. The zero-order valence-corrected chi connectivity index (χ0v) is 18.7. The first-order valence-corrected chi connectivity index (χ1v) is 12.4. The Morgan fingerprint density at radius 3 is 2.45 bits per heavy atom. The van der Waals surface area contributed by atoms with Gasteiger partial charge in [0.1, 0.15) is 10.9 Å². The van der Waals surface area contributed by atoms with Crippen LogP contribution in [-0.4, -0.2) is 61.2 Å². The third-order valence-electron chi connectivity index (χ3n) is 4.98. The van der Waals surface area contributed by atoms with Crippen LogP contribution in [0.15, 0.2) is 69.5 Å². The predicted molar refractivity (Wildman–Crippen MR) is 119 cm³/mol. The molecule has 1 aliphatic heterocycles. The molecule has 7 nitrogen and oxygen atoms in total. The van der Waals surface area contributed by atoms with E-state index in [-0.39, 0.29) is 21.6 Å². The van der Waals surface area contributed by atoms with E-state index in [4.69, 9.17) is 4.74 Å². The smallest absolute Gasteiger partial charge is 0.233 e. The van der Waals surface area contributed by atoms with Crippen molar-refractivity contribution in [1.82, 2.24) is 14.9 Å². The van der Waals surface area contributed by atoms with Crippen LogP contribution < -0.4 is 0 Å². The van der Waals surface area contributed by atoms with Gasteiger partial charge in [-0.2, -0.15) is 0 Å². The fraction of sp³-hybridized carbons (Fsp3) is 0.273. The molecule has 0 saturated carbocycles. The number of sulfone groups is 1. The second-order valence-electron chi connectivity index (χ2n) is 7.18. The molecule has 0 radical (unpaired) electrons. The number of amides is 1. The topological polar surface area (TPSA) is 92.4 Å². The maximum Gasteiger partial charge on any atom is 0.233 e. The molecule has 1 amide bonds. The van der Waals surface area contributed by atoms with Gasteiger partial charge in [0.15, 0.2) is 5.03 Å². The van der Waals surface area contributed by atoms with Crippen molar-refractivity contribution in [3.05, 3.63) is 60.2 Å². The van der Waals surface area contributed by atoms with Gasteiger partial charge in [-0.15, -0.1) is 0 Å². The van der Waals surface area contributed by atoms with Crippen molar-refractivity contribution in [1.29, 1.82) is 0 Å². The fourth-order valence-electron chi connectivity index (χ4n) is 3.22. The lowest BCUT2D eigenvalue weighted by Gasteiger charge is -2.26. The normalized spacial score (nSPS) is 14.5. The number of aromatic amines is 1. The summed E-state index contributed by atoms with van der Waals surface area (Å²) in [5.74, 6) is 0.499. The van der Waals surface area contributed by atoms with E-state index in [9.17, 15) is 13.2 Å². The van der Waals surface area contributed by atoms with Gasteiger partial charge in [0.25, 0.3) is 0 Å². The Labute approximate surface area is 185 Å². The van der Waals surface area contributed by atoms with Crippen molar-refractivity contribution in [2.75, 3.05) is 32.1 Å². The van der Waals surface area contributed by atoms with Crippen molar-refractivity contribution < 1.29 is 17.9 Å². The molecule has 1 aliphatic rings. The van der Waals surface area contributed by atoms with E-state index >= 15 is 0 Å². The molecule has 1 aromatic heterocycles. The highest BCUT2D eigenvalue weighted by molar-refractivity contribution is 8.00. The molecule has 1 fully saturated rings. The molecule has 0 unspecified atom stereocenters. The van der Waals surface area contributed by atoms with E-state index in [0.717, 1.165) is 22.9 Å². The molecule has 0 spiro atoms. The highest BCUT2D eigenvalue weighted by Crippen LogP contribution is 2.32. The lowest BCUT2D eigenvalue weighted by molar-refractivity contribution is -0.132. The summed E-state index contributed by atoms with van der Waals surface area (Å²) in [6, 6.07) is 16.0. The Kier molecular flexibility index (Phi) is 6.45. The molecule has 1 N–H and O–H groups in total. The zero-order chi connectivity index (χ0) is 21.8. The zero-order valence-electron chi connectivity index (χ0n) is 17.1. The van der Waals surface area contributed by atoms with Gasteiger partial charge < -0.3 is 14.6 Å². The SMILES string of the molecule is Cc1ccc(S(=O)(=O)c2[nH]c(-c3ccccc3)nc2SCC(=O)N2CCOCC2)cc1. The Bertz CT molecular complexity index is 1150. The summed E-state index contributed by atoms with van der Waals surface area (Å²) < 4.78 is 32.0. The molecule has 31 heavy (non-hydrogen) atoms. The molecule has 4 rings (SSSR count). The van der Waals surface area contributed by atoms with E-state index in [1.807, 2.05) is 37.3 Å². The molecule has 1 saturated heterocycles. The van der Waals surface area contributed by atoms with Crippen molar-refractivity contribution in [3.8, 4) is 11.4 Å². The summed E-state index contributed by atoms with van der Waals surface area (Å²) in [6.45, 7) is 4.03. The van der Waals surface area contributed by atoms with Crippen LogP contribution in [0.5, 0.6) is 0 Å². The summed E-state index contributed by atoms with van der Waals surface area (Å²) in [5.41, 5.74) is 1.74. The van der Waals surface area contributed by atoms with E-state index in [1.165, 1.54) is 0 Å². The maximum absolute atomic E-state index is 13.4. The van der Waals surface area contributed by atoms with Crippen LogP contribution in [0, 0.1) is 6.92 Å². The molecule has 2 aromatic carbocycles. The van der Waals surface area contributed by atoms with Gasteiger partial charge in [-0.1, -0.05) is 59.8 Å². The number of aromatic nitrogens is 2. The van der Waals surface area contributed by atoms with Crippen molar-refractivity contribution in [2.24, 2.45) is 0 Å². The van der Waals surface area contributed by atoms with Gasteiger partial charge in [-0.05, 0) is 19.1 Å². The third-order valence-corrected chi connectivity index (χ3v) is 7.80. The first-order chi connectivity index (χ1) is 14.9. The molecule has 0 bridgehead atoms. The number of rotatable bonds is 6. The summed E-state index contributed by atoms with van der Waals surface area (Å²) in [4.78, 5) is 22.0. The number of hydrogen-bond acceptors (Lipinski definition) is 6.